The second-order valence-electron chi connectivity index (χ2n) is 6.28. The minimum atomic E-state index is -0.904. The van der Waals surface area contributed by atoms with Crippen molar-refractivity contribution in [3.05, 3.63) is 30.1 Å². The van der Waals surface area contributed by atoms with E-state index in [-0.39, 0.29) is 23.8 Å². The van der Waals surface area contributed by atoms with Gasteiger partial charge in [-0.1, -0.05) is 0 Å². The van der Waals surface area contributed by atoms with Gasteiger partial charge in [-0.25, -0.2) is 4.39 Å². The molecular weight excluding hydrogens is 315 g/mol. The van der Waals surface area contributed by atoms with Gasteiger partial charge >= 0.3 is 5.97 Å². The lowest BCUT2D eigenvalue weighted by Crippen LogP contribution is -2.47. The standard InChI is InChI=1S/C17H23FN2O4/c1-17(19-11-16(22)23)8-9-20(12-17)15(21)3-2-10-24-14-6-4-13(18)5-7-14/h4-7,19H,2-3,8-12H2,1H3,(H,22,23)/t17-/m0/s1. The van der Waals surface area contributed by atoms with Crippen molar-refractivity contribution in [3.63, 3.8) is 0 Å². The highest BCUT2D eigenvalue weighted by molar-refractivity contribution is 5.76. The molecule has 1 aromatic rings. The number of nitrogens with zero attached hydrogens (tertiary/aromatic N) is 1. The third kappa shape index (κ3) is 5.49. The third-order valence-corrected chi connectivity index (χ3v) is 4.11. The van der Waals surface area contributed by atoms with E-state index in [4.69, 9.17) is 9.84 Å². The Hall–Kier alpha value is -2.15. The second-order valence-corrected chi connectivity index (χ2v) is 6.28. The van der Waals surface area contributed by atoms with Crippen LogP contribution in [0, 0.1) is 5.82 Å². The number of ether oxygens (including phenoxy) is 1. The molecule has 0 saturated carbocycles. The molecule has 0 unspecified atom stereocenters. The highest BCUT2D eigenvalue weighted by atomic mass is 19.1. The Bertz CT molecular complexity index is 578. The van der Waals surface area contributed by atoms with Crippen LogP contribution < -0.4 is 10.1 Å². The van der Waals surface area contributed by atoms with Crippen molar-refractivity contribution in [1.82, 2.24) is 10.2 Å². The van der Waals surface area contributed by atoms with Crippen molar-refractivity contribution in [2.24, 2.45) is 0 Å². The van der Waals surface area contributed by atoms with Crippen molar-refractivity contribution < 1.29 is 23.8 Å². The summed E-state index contributed by atoms with van der Waals surface area (Å²) in [5, 5.41) is 11.7. The molecule has 1 amide bonds. The first-order valence-corrected chi connectivity index (χ1v) is 8.01. The zero-order valence-corrected chi connectivity index (χ0v) is 13.8. The van der Waals surface area contributed by atoms with Crippen LogP contribution in [0.2, 0.25) is 0 Å². The van der Waals surface area contributed by atoms with Crippen molar-refractivity contribution in [2.75, 3.05) is 26.2 Å². The van der Waals surface area contributed by atoms with Crippen molar-refractivity contribution in [1.29, 1.82) is 0 Å². The van der Waals surface area contributed by atoms with E-state index in [1.165, 1.54) is 12.1 Å². The molecule has 1 aliphatic heterocycles. The highest BCUT2D eigenvalue weighted by Crippen LogP contribution is 2.21. The first-order valence-electron chi connectivity index (χ1n) is 8.01. The molecule has 1 atom stereocenters. The maximum atomic E-state index is 12.8. The summed E-state index contributed by atoms with van der Waals surface area (Å²) in [5.74, 6) is -0.598. The van der Waals surface area contributed by atoms with Gasteiger partial charge in [0.25, 0.3) is 0 Å². The van der Waals surface area contributed by atoms with Gasteiger partial charge in [-0.05, 0) is 44.0 Å². The number of hydrogen-bond acceptors (Lipinski definition) is 4. The molecule has 1 aliphatic rings. The number of nitrogens with one attached hydrogen (secondary N) is 1. The van der Waals surface area contributed by atoms with E-state index in [0.717, 1.165) is 6.42 Å². The number of carboxylic acids is 1. The minimum absolute atomic E-state index is 0.0403. The number of rotatable bonds is 8. The first-order chi connectivity index (χ1) is 11.4. The quantitative estimate of drug-likeness (QED) is 0.705. The Kier molecular flexibility index (Phi) is 6.14. The number of likely N-dealkylation sites (tertiary alicyclic amines) is 1. The zero-order chi connectivity index (χ0) is 17.6. The molecule has 24 heavy (non-hydrogen) atoms. The Balaban J connectivity index is 1.67. The van der Waals surface area contributed by atoms with Crippen LogP contribution in [0.3, 0.4) is 0 Å². The summed E-state index contributed by atoms with van der Waals surface area (Å²) in [7, 11) is 0. The lowest BCUT2D eigenvalue weighted by molar-refractivity contribution is -0.136. The molecule has 7 heteroatoms. The molecule has 1 heterocycles. The molecule has 0 aliphatic carbocycles. The Morgan fingerprint density at radius 2 is 2.08 bits per heavy atom. The van der Waals surface area contributed by atoms with Gasteiger partial charge in [-0.2, -0.15) is 0 Å². The van der Waals surface area contributed by atoms with E-state index in [2.05, 4.69) is 5.32 Å². The predicted molar refractivity (Wildman–Crippen MR) is 86.4 cm³/mol. The van der Waals surface area contributed by atoms with Gasteiger partial charge in [-0.3, -0.25) is 14.9 Å². The summed E-state index contributed by atoms with van der Waals surface area (Å²) in [6.45, 7) is 3.35. The van der Waals surface area contributed by atoms with E-state index in [1.807, 2.05) is 6.92 Å². The minimum Gasteiger partial charge on any atom is -0.494 e. The van der Waals surface area contributed by atoms with Gasteiger partial charge in [0.15, 0.2) is 0 Å². The van der Waals surface area contributed by atoms with Crippen LogP contribution in [-0.4, -0.2) is 53.7 Å². The Morgan fingerprint density at radius 3 is 2.75 bits per heavy atom. The van der Waals surface area contributed by atoms with Crippen molar-refractivity contribution >= 4 is 11.9 Å². The third-order valence-electron chi connectivity index (χ3n) is 4.11. The van der Waals surface area contributed by atoms with Gasteiger partial charge in [0.1, 0.15) is 11.6 Å². The predicted octanol–water partition coefficient (Wildman–Crippen LogP) is 1.65. The van der Waals surface area contributed by atoms with Gasteiger partial charge < -0.3 is 14.7 Å². The highest BCUT2D eigenvalue weighted by Gasteiger charge is 2.35. The molecule has 0 aromatic heterocycles. The Morgan fingerprint density at radius 1 is 1.38 bits per heavy atom. The lowest BCUT2D eigenvalue weighted by Gasteiger charge is -2.25. The molecule has 6 nitrogen and oxygen atoms in total. The number of aliphatic carboxylic acids is 1. The second kappa shape index (κ2) is 8.10. The summed E-state index contributed by atoms with van der Waals surface area (Å²) in [6, 6.07) is 5.76. The fourth-order valence-electron chi connectivity index (χ4n) is 2.71. The summed E-state index contributed by atoms with van der Waals surface area (Å²) in [6.07, 6.45) is 1.68. The zero-order valence-electron chi connectivity index (χ0n) is 13.8. The number of amides is 1. The Labute approximate surface area is 140 Å². The molecule has 2 rings (SSSR count). The van der Waals surface area contributed by atoms with Crippen LogP contribution in [0.25, 0.3) is 0 Å². The van der Waals surface area contributed by atoms with E-state index in [1.54, 1.807) is 17.0 Å². The smallest absolute Gasteiger partial charge is 0.317 e. The molecule has 0 spiro atoms. The summed E-state index contributed by atoms with van der Waals surface area (Å²) in [5.41, 5.74) is -0.349. The van der Waals surface area contributed by atoms with Crippen LogP contribution >= 0.6 is 0 Å². The normalized spacial score (nSPS) is 20.2. The molecule has 2 N–H and O–H groups in total. The molecule has 1 fully saturated rings. The van der Waals surface area contributed by atoms with Gasteiger partial charge in [0, 0.05) is 25.0 Å². The van der Waals surface area contributed by atoms with Crippen LogP contribution in [-0.2, 0) is 9.59 Å². The number of hydrogen-bond donors (Lipinski definition) is 2. The molecule has 1 aromatic carbocycles. The van der Waals surface area contributed by atoms with E-state index < -0.39 is 5.97 Å². The number of halogens is 1. The molecule has 0 radical (unpaired) electrons. The van der Waals surface area contributed by atoms with Gasteiger partial charge in [0.2, 0.25) is 5.91 Å². The maximum absolute atomic E-state index is 12.8. The topological polar surface area (TPSA) is 78.9 Å². The van der Waals surface area contributed by atoms with Crippen LogP contribution in [0.4, 0.5) is 4.39 Å². The largest absolute Gasteiger partial charge is 0.494 e. The monoisotopic (exact) mass is 338 g/mol. The van der Waals surface area contributed by atoms with Gasteiger partial charge in [0.05, 0.1) is 13.2 Å². The fraction of sp³-hybridized carbons (Fsp3) is 0.529. The van der Waals surface area contributed by atoms with E-state index >= 15 is 0 Å². The van der Waals surface area contributed by atoms with Gasteiger partial charge in [-0.15, -0.1) is 0 Å². The summed E-state index contributed by atoms with van der Waals surface area (Å²) >= 11 is 0. The number of benzene rings is 1. The van der Waals surface area contributed by atoms with E-state index in [9.17, 15) is 14.0 Å². The molecule has 0 bridgehead atoms. The lowest BCUT2D eigenvalue weighted by atomic mass is 10.0. The number of carbonyl (C=O) groups is 2. The van der Waals surface area contributed by atoms with Crippen LogP contribution in [0.5, 0.6) is 5.75 Å². The van der Waals surface area contributed by atoms with E-state index in [0.29, 0.717) is 38.3 Å². The van der Waals surface area contributed by atoms with Crippen molar-refractivity contribution in [2.45, 2.75) is 31.7 Å². The maximum Gasteiger partial charge on any atom is 0.317 e. The fourth-order valence-corrected chi connectivity index (χ4v) is 2.71. The van der Waals surface area contributed by atoms with Crippen LogP contribution in [0.1, 0.15) is 26.2 Å². The average molecular weight is 338 g/mol. The molecular formula is C17H23FN2O4. The molecule has 1 saturated heterocycles. The molecule has 132 valence electrons. The SMILES string of the molecule is C[C@]1(NCC(=O)O)CCN(C(=O)CCCOc2ccc(F)cc2)C1. The number of carboxylic acid groups (broad SMARTS) is 1. The first kappa shape index (κ1) is 18.2. The summed E-state index contributed by atoms with van der Waals surface area (Å²) < 4.78 is 18.2. The summed E-state index contributed by atoms with van der Waals surface area (Å²) in [4.78, 5) is 24.6. The van der Waals surface area contributed by atoms with Crippen LogP contribution in [0.15, 0.2) is 24.3 Å². The number of carbonyl (C=O) groups excluding carboxylic acids is 1. The average Bonchev–Trinajstić information content (AvgIpc) is 2.94. The van der Waals surface area contributed by atoms with Crippen molar-refractivity contribution in [3.8, 4) is 5.75 Å².